The average molecular weight is 731 g/mol. The Kier molecular flexibility index (Phi) is 6.83. The van der Waals surface area contributed by atoms with Gasteiger partial charge in [0.15, 0.2) is 17.5 Å². The fourth-order valence-electron chi connectivity index (χ4n) is 8.45. The minimum atomic E-state index is 0.542. The number of nitrogens with zero attached hydrogens (tertiary/aromatic N) is 4. The van der Waals surface area contributed by atoms with Crippen molar-refractivity contribution in [1.82, 2.24) is 19.5 Å². The zero-order chi connectivity index (χ0) is 37.5. The number of hydrogen-bond donors (Lipinski definition) is 0. The Bertz CT molecular complexity index is 3530. The quantitative estimate of drug-likeness (QED) is 0.176. The summed E-state index contributed by atoms with van der Waals surface area (Å²) >= 11 is 0. The van der Waals surface area contributed by atoms with E-state index < -0.39 is 0 Å². The molecule has 0 unspecified atom stereocenters. The molecule has 0 saturated heterocycles. The van der Waals surface area contributed by atoms with Gasteiger partial charge in [-0.1, -0.05) is 127 Å². The van der Waals surface area contributed by atoms with Gasteiger partial charge in [0.2, 0.25) is 0 Å². The summed E-state index contributed by atoms with van der Waals surface area (Å²) in [6.45, 7) is 0. The van der Waals surface area contributed by atoms with Gasteiger partial charge in [0.05, 0.1) is 16.6 Å². The summed E-state index contributed by atoms with van der Waals surface area (Å²) in [5.41, 5.74) is 11.5. The normalized spacial score (nSPS) is 11.9. The fourth-order valence-corrected chi connectivity index (χ4v) is 8.45. The minimum Gasteiger partial charge on any atom is -0.456 e. The molecule has 0 atom stereocenters. The van der Waals surface area contributed by atoms with Gasteiger partial charge in [-0.3, -0.25) is 0 Å². The van der Waals surface area contributed by atoms with Gasteiger partial charge in [-0.15, -0.1) is 0 Å². The zero-order valence-corrected chi connectivity index (χ0v) is 30.4. The maximum Gasteiger partial charge on any atom is 0.167 e. The summed E-state index contributed by atoms with van der Waals surface area (Å²) in [7, 11) is 0. The number of benzene rings is 8. The zero-order valence-electron chi connectivity index (χ0n) is 30.4. The minimum absolute atomic E-state index is 0.542. The van der Waals surface area contributed by atoms with Crippen LogP contribution in [0.3, 0.4) is 0 Å². The van der Waals surface area contributed by atoms with Crippen molar-refractivity contribution in [2.75, 3.05) is 0 Å². The first-order valence-corrected chi connectivity index (χ1v) is 19.0. The van der Waals surface area contributed by atoms with Gasteiger partial charge in [-0.25, -0.2) is 15.0 Å². The largest absolute Gasteiger partial charge is 0.456 e. The predicted octanol–water partition coefficient (Wildman–Crippen LogP) is 13.4. The van der Waals surface area contributed by atoms with E-state index in [4.69, 9.17) is 23.8 Å². The van der Waals surface area contributed by atoms with E-state index in [2.05, 4.69) is 120 Å². The second-order valence-electron chi connectivity index (χ2n) is 14.4. The van der Waals surface area contributed by atoms with Crippen LogP contribution in [0.15, 0.2) is 191 Å². The third-order valence-corrected chi connectivity index (χ3v) is 11.1. The number of rotatable bonds is 5. The van der Waals surface area contributed by atoms with Crippen LogP contribution < -0.4 is 0 Å². The number of furan rings is 2. The first-order valence-electron chi connectivity index (χ1n) is 19.0. The summed E-state index contributed by atoms with van der Waals surface area (Å²) in [6.07, 6.45) is 0. The lowest BCUT2D eigenvalue weighted by atomic mass is 9.99. The first-order chi connectivity index (χ1) is 28.2. The van der Waals surface area contributed by atoms with Crippen molar-refractivity contribution in [3.05, 3.63) is 182 Å². The van der Waals surface area contributed by atoms with Crippen LogP contribution >= 0.6 is 0 Å². The lowest BCUT2D eigenvalue weighted by Crippen LogP contribution is -2.00. The highest BCUT2D eigenvalue weighted by atomic mass is 16.3. The Morgan fingerprint density at radius 3 is 1.84 bits per heavy atom. The van der Waals surface area contributed by atoms with Crippen LogP contribution in [0.2, 0.25) is 0 Å². The second kappa shape index (κ2) is 12.3. The van der Waals surface area contributed by atoms with Crippen LogP contribution in [-0.4, -0.2) is 19.5 Å². The van der Waals surface area contributed by atoms with Crippen LogP contribution in [0, 0.1) is 0 Å². The van der Waals surface area contributed by atoms with Crippen LogP contribution in [0.5, 0.6) is 0 Å². The number of para-hydroxylation sites is 5. The maximum atomic E-state index is 6.56. The van der Waals surface area contributed by atoms with E-state index in [-0.39, 0.29) is 0 Å². The molecule has 0 aliphatic heterocycles. The van der Waals surface area contributed by atoms with Gasteiger partial charge >= 0.3 is 0 Å². The van der Waals surface area contributed by atoms with E-state index in [9.17, 15) is 0 Å². The predicted molar refractivity (Wildman–Crippen MR) is 230 cm³/mol. The fraction of sp³-hybridized carbons (Fsp3) is 0. The average Bonchev–Trinajstić information content (AvgIpc) is 3.96. The molecule has 6 heteroatoms. The molecule has 6 nitrogen and oxygen atoms in total. The van der Waals surface area contributed by atoms with Crippen LogP contribution in [0.1, 0.15) is 0 Å². The molecule has 57 heavy (non-hydrogen) atoms. The molecule has 0 saturated carbocycles. The summed E-state index contributed by atoms with van der Waals surface area (Å²) in [5, 5.41) is 6.60. The molecule has 0 radical (unpaired) electrons. The molecule has 8 aromatic carbocycles. The lowest BCUT2D eigenvalue weighted by Gasteiger charge is -2.11. The summed E-state index contributed by atoms with van der Waals surface area (Å²) in [5.74, 6) is 1.68. The molecular formula is C51H30N4O2. The molecule has 0 amide bonds. The van der Waals surface area contributed by atoms with Gasteiger partial charge in [0, 0.05) is 54.7 Å². The maximum absolute atomic E-state index is 6.56. The van der Waals surface area contributed by atoms with Crippen molar-refractivity contribution in [2.24, 2.45) is 0 Å². The van der Waals surface area contributed by atoms with Crippen molar-refractivity contribution >= 4 is 65.7 Å². The smallest absolute Gasteiger partial charge is 0.167 e. The van der Waals surface area contributed by atoms with Crippen molar-refractivity contribution in [3.8, 4) is 51.0 Å². The Hall–Kier alpha value is -7.83. The van der Waals surface area contributed by atoms with Crippen molar-refractivity contribution < 1.29 is 8.83 Å². The molecule has 0 spiro atoms. The molecule has 12 aromatic rings. The summed E-state index contributed by atoms with van der Waals surface area (Å²) < 4.78 is 15.4. The topological polar surface area (TPSA) is 69.9 Å². The van der Waals surface area contributed by atoms with Gasteiger partial charge in [-0.2, -0.15) is 0 Å². The second-order valence-corrected chi connectivity index (χ2v) is 14.4. The molecule has 4 aromatic heterocycles. The Balaban J connectivity index is 1.02. The van der Waals surface area contributed by atoms with Gasteiger partial charge in [0.1, 0.15) is 22.3 Å². The van der Waals surface area contributed by atoms with Gasteiger partial charge < -0.3 is 13.4 Å². The molecule has 4 heterocycles. The molecule has 266 valence electrons. The van der Waals surface area contributed by atoms with E-state index in [0.717, 1.165) is 77.4 Å². The molecule has 0 aliphatic carbocycles. The standard InChI is InChI=1S/C51H30N4O2/c1-3-13-31(14-4-1)49-52-50(54-51(53-49)41-22-12-21-40-37-18-8-10-24-44(37)57-48(40)41)33-25-27-38-42-29-32(26-28-45(42)56-46(38)30-33)35-19-11-20-39-36-17-7-9-23-43(36)55(47(35)39)34-15-5-2-6-16-34/h1-30H. The first kappa shape index (κ1) is 31.5. The van der Waals surface area contributed by atoms with Crippen LogP contribution in [0.4, 0.5) is 0 Å². The monoisotopic (exact) mass is 730 g/mol. The van der Waals surface area contributed by atoms with Crippen molar-refractivity contribution in [3.63, 3.8) is 0 Å². The van der Waals surface area contributed by atoms with E-state index >= 15 is 0 Å². The molecule has 0 fully saturated rings. The van der Waals surface area contributed by atoms with E-state index in [1.807, 2.05) is 66.7 Å². The highest BCUT2D eigenvalue weighted by molar-refractivity contribution is 6.15. The SMILES string of the molecule is c1ccc(-c2nc(-c3ccc4c(c3)oc3ccc(-c5cccc6c7ccccc7n(-c7ccccc7)c56)cc34)nc(-c3cccc4c3oc3ccccc34)n2)cc1. The Labute approximate surface area is 325 Å². The van der Waals surface area contributed by atoms with Crippen molar-refractivity contribution in [2.45, 2.75) is 0 Å². The summed E-state index contributed by atoms with van der Waals surface area (Å²) in [6, 6.07) is 62.8. The van der Waals surface area contributed by atoms with Gasteiger partial charge in [-0.05, 0) is 60.2 Å². The Morgan fingerprint density at radius 1 is 0.351 bits per heavy atom. The third-order valence-electron chi connectivity index (χ3n) is 11.1. The van der Waals surface area contributed by atoms with Crippen molar-refractivity contribution in [1.29, 1.82) is 0 Å². The molecular weight excluding hydrogens is 701 g/mol. The number of hydrogen-bond acceptors (Lipinski definition) is 5. The number of aromatic nitrogens is 4. The Morgan fingerprint density at radius 2 is 0.982 bits per heavy atom. The van der Waals surface area contributed by atoms with Crippen LogP contribution in [0.25, 0.3) is 117 Å². The van der Waals surface area contributed by atoms with E-state index in [0.29, 0.717) is 17.5 Å². The highest BCUT2D eigenvalue weighted by Crippen LogP contribution is 2.41. The molecule has 12 rings (SSSR count). The van der Waals surface area contributed by atoms with Gasteiger partial charge in [0.25, 0.3) is 0 Å². The molecule has 0 aliphatic rings. The summed E-state index contributed by atoms with van der Waals surface area (Å²) in [4.78, 5) is 15.1. The highest BCUT2D eigenvalue weighted by Gasteiger charge is 2.20. The van der Waals surface area contributed by atoms with E-state index in [1.54, 1.807) is 0 Å². The molecule has 0 bridgehead atoms. The number of fused-ring (bicyclic) bond motifs is 9. The van der Waals surface area contributed by atoms with Crippen LogP contribution in [-0.2, 0) is 0 Å². The lowest BCUT2D eigenvalue weighted by molar-refractivity contribution is 0.668. The third kappa shape index (κ3) is 4.94. The molecule has 0 N–H and O–H groups in total. The van der Waals surface area contributed by atoms with E-state index in [1.165, 1.54) is 21.8 Å².